The van der Waals surface area contributed by atoms with Gasteiger partial charge in [0.05, 0.1) is 23.3 Å². The van der Waals surface area contributed by atoms with Gasteiger partial charge in [-0.15, -0.1) is 0 Å². The van der Waals surface area contributed by atoms with Gasteiger partial charge in [0.15, 0.2) is 0 Å². The molecule has 7 heteroatoms. The van der Waals surface area contributed by atoms with Crippen LogP contribution >= 0.6 is 0 Å². The minimum Gasteiger partial charge on any atom is -0.481 e. The summed E-state index contributed by atoms with van der Waals surface area (Å²) in [6.45, 7) is 0. The average Bonchev–Trinajstić information content (AvgIpc) is 3.35. The number of carbonyl (C=O) groups excluding carboxylic acids is 1. The molecule has 1 aliphatic heterocycles. The number of aromatic nitrogens is 1. The van der Waals surface area contributed by atoms with Crippen LogP contribution in [-0.2, 0) is 9.59 Å². The molecule has 0 saturated heterocycles. The Labute approximate surface area is 154 Å². The van der Waals surface area contributed by atoms with Crippen molar-refractivity contribution in [1.29, 1.82) is 0 Å². The second kappa shape index (κ2) is 6.42. The second-order valence-corrected chi connectivity index (χ2v) is 6.70. The first-order valence-electron chi connectivity index (χ1n) is 8.78. The van der Waals surface area contributed by atoms with Gasteiger partial charge in [0.2, 0.25) is 5.91 Å². The fourth-order valence-electron chi connectivity index (χ4n) is 3.59. The highest BCUT2D eigenvalue weighted by Crippen LogP contribution is 2.44. The largest absolute Gasteiger partial charge is 0.481 e. The van der Waals surface area contributed by atoms with Crippen LogP contribution in [-0.4, -0.2) is 38.8 Å². The lowest BCUT2D eigenvalue weighted by Crippen LogP contribution is -2.34. The number of hydrogen-bond acceptors (Lipinski definition) is 3. The Bertz CT molecular complexity index is 1030. The van der Waals surface area contributed by atoms with E-state index in [1.807, 2.05) is 0 Å². The molecule has 1 aromatic rings. The monoisotopic (exact) mass is 366 g/mol. The summed E-state index contributed by atoms with van der Waals surface area (Å²) in [5.74, 6) is -1.26. The van der Waals surface area contributed by atoms with Crippen LogP contribution < -0.4 is 4.90 Å². The molecular formula is C20H18N2O5. The molecular weight excluding hydrogens is 348 g/mol. The van der Waals surface area contributed by atoms with Gasteiger partial charge in [0, 0.05) is 23.4 Å². The highest BCUT2D eigenvalue weighted by Gasteiger charge is 2.37. The highest BCUT2D eigenvalue weighted by molar-refractivity contribution is 6.12. The van der Waals surface area contributed by atoms with E-state index in [1.54, 1.807) is 47.4 Å². The number of anilines is 1. The van der Waals surface area contributed by atoms with Crippen LogP contribution in [0.3, 0.4) is 0 Å². The van der Waals surface area contributed by atoms with Crippen LogP contribution in [0, 0.1) is 0 Å². The number of fused-ring (bicyclic) bond motifs is 2. The predicted octanol–water partition coefficient (Wildman–Crippen LogP) is 3.63. The van der Waals surface area contributed by atoms with E-state index in [2.05, 4.69) is 0 Å². The normalized spacial score (nSPS) is 13.8. The van der Waals surface area contributed by atoms with E-state index in [0.717, 1.165) is 12.8 Å². The number of pyridine rings is 1. The molecule has 0 unspecified atom stereocenters. The van der Waals surface area contributed by atoms with Crippen molar-refractivity contribution in [3.63, 3.8) is 0 Å². The maximum absolute atomic E-state index is 12.9. The van der Waals surface area contributed by atoms with E-state index in [1.165, 1.54) is 4.57 Å². The molecule has 0 bridgehead atoms. The summed E-state index contributed by atoms with van der Waals surface area (Å²) in [4.78, 5) is 37.4. The molecule has 1 saturated carbocycles. The third kappa shape index (κ3) is 2.91. The van der Waals surface area contributed by atoms with Crippen molar-refractivity contribution in [2.75, 3.05) is 4.90 Å². The minimum absolute atomic E-state index is 0.0217. The Morgan fingerprint density at radius 1 is 1.00 bits per heavy atom. The number of carboxylic acid groups (broad SMARTS) is 2. The molecule has 1 heterocycles. The van der Waals surface area contributed by atoms with E-state index in [4.69, 9.17) is 5.11 Å². The van der Waals surface area contributed by atoms with Gasteiger partial charge in [0.25, 0.3) is 0 Å². The molecule has 138 valence electrons. The van der Waals surface area contributed by atoms with Crippen molar-refractivity contribution in [3.05, 3.63) is 42.5 Å². The van der Waals surface area contributed by atoms with Crippen LogP contribution in [0.25, 0.3) is 22.2 Å². The maximum atomic E-state index is 12.9. The van der Waals surface area contributed by atoms with Crippen molar-refractivity contribution in [2.24, 2.45) is 0 Å². The van der Waals surface area contributed by atoms with Crippen molar-refractivity contribution in [2.45, 2.75) is 31.7 Å². The number of benzene rings is 1. The van der Waals surface area contributed by atoms with Gasteiger partial charge in [0.1, 0.15) is 0 Å². The minimum atomic E-state index is -1.09. The lowest BCUT2D eigenvalue weighted by atomic mass is 10.0. The first-order chi connectivity index (χ1) is 13.0. The van der Waals surface area contributed by atoms with Crippen molar-refractivity contribution in [3.8, 4) is 11.3 Å². The van der Waals surface area contributed by atoms with Crippen LogP contribution in [0.1, 0.15) is 25.7 Å². The molecule has 0 atom stereocenters. The maximum Gasteiger partial charge on any atom is 0.416 e. The Balaban J connectivity index is 1.95. The molecule has 1 amide bonds. The van der Waals surface area contributed by atoms with Gasteiger partial charge in [-0.1, -0.05) is 30.3 Å². The second-order valence-electron chi connectivity index (χ2n) is 6.70. The number of aliphatic carboxylic acids is 1. The molecule has 3 aliphatic rings. The van der Waals surface area contributed by atoms with E-state index in [0.29, 0.717) is 27.8 Å². The van der Waals surface area contributed by atoms with Crippen molar-refractivity contribution >= 4 is 34.6 Å². The third-order valence-electron chi connectivity index (χ3n) is 4.85. The van der Waals surface area contributed by atoms with E-state index >= 15 is 0 Å². The SMILES string of the molecule is O=C(O)CCC(=O)N(c1c2cccc-2n(C(=O)O)c2ccccc12)C1CC1. The molecule has 0 radical (unpaired) electrons. The standard InChI is InChI=1S/C20H18N2O5/c23-17(10-11-18(24)25)21(12-8-9-12)19-13-4-1-2-6-15(13)22(20(26)27)16-7-3-5-14(16)19/h1-7,12H,8-11H2,(H,24,25)(H,26,27). The zero-order chi connectivity index (χ0) is 19.1. The van der Waals surface area contributed by atoms with E-state index in [9.17, 15) is 19.5 Å². The van der Waals surface area contributed by atoms with E-state index < -0.39 is 12.1 Å². The summed E-state index contributed by atoms with van der Waals surface area (Å²) in [7, 11) is 0. The Morgan fingerprint density at radius 2 is 1.74 bits per heavy atom. The first-order valence-corrected chi connectivity index (χ1v) is 8.78. The molecule has 0 spiro atoms. The Hall–Kier alpha value is -3.35. The van der Waals surface area contributed by atoms with Crippen molar-refractivity contribution in [1.82, 2.24) is 4.57 Å². The van der Waals surface area contributed by atoms with E-state index in [-0.39, 0.29) is 24.8 Å². The summed E-state index contributed by atoms with van der Waals surface area (Å²) in [5, 5.41) is 19.3. The third-order valence-corrected chi connectivity index (χ3v) is 4.85. The van der Waals surface area contributed by atoms with Crippen molar-refractivity contribution < 1.29 is 24.6 Å². The molecule has 1 aromatic carbocycles. The fourth-order valence-corrected chi connectivity index (χ4v) is 3.59. The van der Waals surface area contributed by atoms with Gasteiger partial charge in [-0.25, -0.2) is 9.36 Å². The lowest BCUT2D eigenvalue weighted by Gasteiger charge is -2.28. The van der Waals surface area contributed by atoms with Crippen LogP contribution in [0.4, 0.5) is 10.5 Å². The zero-order valence-electron chi connectivity index (χ0n) is 14.5. The first kappa shape index (κ1) is 17.1. The summed E-state index contributed by atoms with van der Waals surface area (Å²) in [5.41, 5.74) is 2.34. The van der Waals surface area contributed by atoms with Gasteiger partial charge in [-0.05, 0) is 25.0 Å². The molecule has 27 heavy (non-hydrogen) atoms. The number of para-hydroxylation sites is 1. The van der Waals surface area contributed by atoms with Crippen LogP contribution in [0.15, 0.2) is 42.5 Å². The van der Waals surface area contributed by atoms with Gasteiger partial charge < -0.3 is 15.1 Å². The molecule has 1 fully saturated rings. The summed E-state index contributed by atoms with van der Waals surface area (Å²) >= 11 is 0. The molecule has 0 aromatic heterocycles. The number of hydrogen-bond donors (Lipinski definition) is 2. The molecule has 2 aliphatic carbocycles. The van der Waals surface area contributed by atoms with Gasteiger partial charge in [-0.2, -0.15) is 0 Å². The van der Waals surface area contributed by atoms with Crippen LogP contribution in [0.2, 0.25) is 0 Å². The smallest absolute Gasteiger partial charge is 0.416 e. The number of carboxylic acids is 1. The summed E-state index contributed by atoms with van der Waals surface area (Å²) in [6, 6.07) is 12.4. The molecule has 7 nitrogen and oxygen atoms in total. The highest BCUT2D eigenvalue weighted by atomic mass is 16.4. The molecule has 2 N–H and O–H groups in total. The molecule has 4 rings (SSSR count). The van der Waals surface area contributed by atoms with Gasteiger partial charge in [-0.3, -0.25) is 9.59 Å². The fraction of sp³-hybridized carbons (Fsp3) is 0.250. The lowest BCUT2D eigenvalue weighted by molar-refractivity contribution is -0.138. The number of amides is 1. The summed E-state index contributed by atoms with van der Waals surface area (Å²) in [6.07, 6.45) is 0.290. The van der Waals surface area contributed by atoms with Gasteiger partial charge >= 0.3 is 12.1 Å². The number of carbonyl (C=O) groups is 3. The quantitative estimate of drug-likeness (QED) is 0.718. The van der Waals surface area contributed by atoms with Crippen LogP contribution in [0.5, 0.6) is 0 Å². The topological polar surface area (TPSA) is 99.8 Å². The number of nitrogens with zero attached hydrogens (tertiary/aromatic N) is 2. The Morgan fingerprint density at radius 3 is 2.41 bits per heavy atom. The average molecular weight is 366 g/mol. The summed E-state index contributed by atoms with van der Waals surface area (Å²) < 4.78 is 1.22. The predicted molar refractivity (Wildman–Crippen MR) is 99.4 cm³/mol. The number of rotatable bonds is 5. The Kier molecular flexibility index (Phi) is 4.07. The zero-order valence-corrected chi connectivity index (χ0v) is 14.5.